The lowest BCUT2D eigenvalue weighted by Crippen LogP contribution is -2.65. The van der Waals surface area contributed by atoms with Crippen LogP contribution in [0.2, 0.25) is 0 Å². The van der Waals surface area contributed by atoms with Crippen molar-refractivity contribution in [2.75, 3.05) is 13.1 Å². The molecule has 0 aliphatic carbocycles. The molecule has 4 nitrogen and oxygen atoms in total. The molecule has 108 valence electrons. The summed E-state index contributed by atoms with van der Waals surface area (Å²) in [6.45, 7) is 4.10. The number of carbonyl (C=O) groups is 2. The van der Waals surface area contributed by atoms with Crippen LogP contribution in [0.5, 0.6) is 0 Å². The fraction of sp³-hybridized carbons (Fsp3) is 0.467. The van der Waals surface area contributed by atoms with Crippen molar-refractivity contribution < 1.29 is 14.0 Å². The van der Waals surface area contributed by atoms with Gasteiger partial charge in [0.1, 0.15) is 11.4 Å². The lowest BCUT2D eigenvalue weighted by atomic mass is 9.94. The van der Waals surface area contributed by atoms with Crippen molar-refractivity contribution in [3.8, 4) is 0 Å². The van der Waals surface area contributed by atoms with E-state index < -0.39 is 5.54 Å². The highest BCUT2D eigenvalue weighted by Crippen LogP contribution is 2.18. The molecule has 1 aromatic rings. The van der Waals surface area contributed by atoms with Gasteiger partial charge in [0.15, 0.2) is 0 Å². The second kappa shape index (κ2) is 5.61. The highest BCUT2D eigenvalue weighted by molar-refractivity contribution is 5.97. The Hall–Kier alpha value is -1.91. The maximum Gasteiger partial charge on any atom is 0.248 e. The quantitative estimate of drug-likeness (QED) is 0.907. The number of hydrogen-bond acceptors (Lipinski definition) is 2. The van der Waals surface area contributed by atoms with Gasteiger partial charge in [-0.1, -0.05) is 19.1 Å². The fourth-order valence-electron chi connectivity index (χ4n) is 2.37. The summed E-state index contributed by atoms with van der Waals surface area (Å²) in [5, 5.41) is 2.74. The van der Waals surface area contributed by atoms with Gasteiger partial charge in [-0.3, -0.25) is 9.59 Å². The summed E-state index contributed by atoms with van der Waals surface area (Å²) in [5.41, 5.74) is -0.000871. The highest BCUT2D eigenvalue weighted by Gasteiger charge is 2.41. The van der Waals surface area contributed by atoms with E-state index in [1.807, 2.05) is 13.0 Å². The minimum absolute atomic E-state index is 0.0731. The Balaban J connectivity index is 2.05. The van der Waals surface area contributed by atoms with E-state index in [9.17, 15) is 14.0 Å². The zero-order chi connectivity index (χ0) is 14.8. The molecule has 0 radical (unpaired) electrons. The topological polar surface area (TPSA) is 49.4 Å². The highest BCUT2D eigenvalue weighted by atomic mass is 19.1. The minimum atomic E-state index is -0.822. The molecule has 1 unspecified atom stereocenters. The summed E-state index contributed by atoms with van der Waals surface area (Å²) in [6.07, 6.45) is 1.09. The van der Waals surface area contributed by atoms with Crippen molar-refractivity contribution in [1.29, 1.82) is 0 Å². The first-order valence-electron chi connectivity index (χ1n) is 6.79. The second-order valence-corrected chi connectivity index (χ2v) is 5.34. The fourth-order valence-corrected chi connectivity index (χ4v) is 2.37. The van der Waals surface area contributed by atoms with E-state index in [0.717, 1.165) is 5.56 Å². The molecule has 0 saturated carbocycles. The molecule has 0 aromatic heterocycles. The van der Waals surface area contributed by atoms with Crippen molar-refractivity contribution in [2.24, 2.45) is 0 Å². The maximum atomic E-state index is 13.1. The van der Waals surface area contributed by atoms with E-state index in [4.69, 9.17) is 0 Å². The largest absolute Gasteiger partial charge is 0.340 e. The lowest BCUT2D eigenvalue weighted by Gasteiger charge is -2.39. The van der Waals surface area contributed by atoms with Crippen LogP contribution in [-0.4, -0.2) is 35.3 Å². The number of amides is 2. The molecule has 2 rings (SSSR count). The van der Waals surface area contributed by atoms with Crippen LogP contribution >= 0.6 is 0 Å². The van der Waals surface area contributed by atoms with Gasteiger partial charge >= 0.3 is 0 Å². The number of nitrogens with zero attached hydrogens (tertiary/aromatic N) is 1. The average Bonchev–Trinajstić information content (AvgIpc) is 2.41. The Morgan fingerprint density at radius 1 is 1.40 bits per heavy atom. The van der Waals surface area contributed by atoms with Crippen LogP contribution in [0.1, 0.15) is 25.8 Å². The first-order chi connectivity index (χ1) is 9.44. The summed E-state index contributed by atoms with van der Waals surface area (Å²) in [6, 6.07) is 6.30. The number of nitrogens with one attached hydrogen (secondary N) is 1. The molecule has 2 amide bonds. The van der Waals surface area contributed by atoms with Gasteiger partial charge in [0.25, 0.3) is 0 Å². The first kappa shape index (κ1) is 14.5. The van der Waals surface area contributed by atoms with Gasteiger partial charge in [0.05, 0.1) is 6.54 Å². The maximum absolute atomic E-state index is 13.1. The zero-order valence-corrected chi connectivity index (χ0v) is 11.8. The van der Waals surface area contributed by atoms with Crippen molar-refractivity contribution in [3.63, 3.8) is 0 Å². The molecule has 1 saturated heterocycles. The van der Waals surface area contributed by atoms with E-state index in [1.54, 1.807) is 17.9 Å². The van der Waals surface area contributed by atoms with Gasteiger partial charge in [-0.2, -0.15) is 0 Å². The third kappa shape index (κ3) is 2.98. The van der Waals surface area contributed by atoms with Crippen LogP contribution in [-0.2, 0) is 16.0 Å². The molecule has 1 atom stereocenters. The van der Waals surface area contributed by atoms with Crippen LogP contribution in [0.25, 0.3) is 0 Å². The smallest absolute Gasteiger partial charge is 0.248 e. The molecule has 1 heterocycles. The Morgan fingerprint density at radius 3 is 2.80 bits per heavy atom. The van der Waals surface area contributed by atoms with Crippen LogP contribution in [0.15, 0.2) is 24.3 Å². The normalized spacial score (nSPS) is 22.9. The van der Waals surface area contributed by atoms with Crippen LogP contribution in [0.3, 0.4) is 0 Å². The van der Waals surface area contributed by atoms with Crippen molar-refractivity contribution >= 4 is 11.8 Å². The molecule has 1 N–H and O–H groups in total. The Kier molecular flexibility index (Phi) is 4.06. The van der Waals surface area contributed by atoms with E-state index in [2.05, 4.69) is 5.32 Å². The Labute approximate surface area is 118 Å². The molecular formula is C15H19FN2O2. The van der Waals surface area contributed by atoms with E-state index >= 15 is 0 Å². The summed E-state index contributed by atoms with van der Waals surface area (Å²) in [4.78, 5) is 25.6. The predicted octanol–water partition coefficient (Wildman–Crippen LogP) is 1.50. The van der Waals surface area contributed by atoms with Gasteiger partial charge in [-0.15, -0.1) is 0 Å². The molecule has 1 fully saturated rings. The lowest BCUT2D eigenvalue weighted by molar-refractivity contribution is -0.149. The number of carbonyl (C=O) groups excluding carboxylic acids is 2. The molecule has 1 aliphatic rings. The number of benzene rings is 1. The SMILES string of the molecule is CCC1(C)NC(=O)CN(CCc2cccc(F)c2)C1=O. The number of hydrogen-bond donors (Lipinski definition) is 1. The molecule has 20 heavy (non-hydrogen) atoms. The standard InChI is InChI=1S/C15H19FN2O2/c1-3-15(2)14(20)18(10-13(19)17-15)8-7-11-5-4-6-12(16)9-11/h4-6,9H,3,7-8,10H2,1-2H3,(H,17,19). The second-order valence-electron chi connectivity index (χ2n) is 5.34. The predicted molar refractivity (Wildman–Crippen MR) is 73.5 cm³/mol. The van der Waals surface area contributed by atoms with E-state index in [-0.39, 0.29) is 24.2 Å². The third-order valence-electron chi connectivity index (χ3n) is 3.78. The van der Waals surface area contributed by atoms with Gasteiger partial charge in [0, 0.05) is 6.54 Å². The van der Waals surface area contributed by atoms with Crippen molar-refractivity contribution in [1.82, 2.24) is 10.2 Å². The average molecular weight is 278 g/mol. The Bertz CT molecular complexity index is 532. The summed E-state index contributed by atoms with van der Waals surface area (Å²) in [7, 11) is 0. The molecule has 0 spiro atoms. The van der Waals surface area contributed by atoms with Crippen LogP contribution < -0.4 is 5.32 Å². The minimum Gasteiger partial charge on any atom is -0.340 e. The van der Waals surface area contributed by atoms with Gasteiger partial charge in [-0.25, -0.2) is 4.39 Å². The molecule has 5 heteroatoms. The zero-order valence-electron chi connectivity index (χ0n) is 11.8. The van der Waals surface area contributed by atoms with Gasteiger partial charge in [-0.05, 0) is 37.5 Å². The van der Waals surface area contributed by atoms with Gasteiger partial charge < -0.3 is 10.2 Å². The summed E-state index contributed by atoms with van der Waals surface area (Å²) in [5.74, 6) is -0.507. The molecule has 0 bridgehead atoms. The number of rotatable bonds is 4. The number of halogens is 1. The Morgan fingerprint density at radius 2 is 2.15 bits per heavy atom. The van der Waals surface area contributed by atoms with Crippen LogP contribution in [0, 0.1) is 5.82 Å². The summed E-state index contributed by atoms with van der Waals surface area (Å²) >= 11 is 0. The third-order valence-corrected chi connectivity index (χ3v) is 3.78. The van der Waals surface area contributed by atoms with E-state index in [0.29, 0.717) is 19.4 Å². The summed E-state index contributed by atoms with van der Waals surface area (Å²) < 4.78 is 13.1. The van der Waals surface area contributed by atoms with E-state index in [1.165, 1.54) is 12.1 Å². The molecule has 1 aliphatic heterocycles. The first-order valence-corrected chi connectivity index (χ1v) is 6.79. The molecular weight excluding hydrogens is 259 g/mol. The number of piperazine rings is 1. The van der Waals surface area contributed by atoms with Crippen LogP contribution in [0.4, 0.5) is 4.39 Å². The van der Waals surface area contributed by atoms with Crippen molar-refractivity contribution in [3.05, 3.63) is 35.6 Å². The molecule has 1 aromatic carbocycles. The van der Waals surface area contributed by atoms with Crippen molar-refractivity contribution in [2.45, 2.75) is 32.2 Å². The van der Waals surface area contributed by atoms with Gasteiger partial charge in [0.2, 0.25) is 11.8 Å². The monoisotopic (exact) mass is 278 g/mol.